The Morgan fingerprint density at radius 1 is 1.36 bits per heavy atom. The molecule has 0 radical (unpaired) electrons. The van der Waals surface area contributed by atoms with Crippen LogP contribution in [0.4, 0.5) is 0 Å². The quantitative estimate of drug-likeness (QED) is 0.736. The normalized spacial score (nSPS) is 11.1. The minimum Gasteiger partial charge on any atom is -0.378 e. The molecule has 2 nitrogen and oxygen atoms in total. The number of carbonyl (C=O) groups is 1. The summed E-state index contributed by atoms with van der Waals surface area (Å²) in [6.45, 7) is 4.11. The molecule has 0 aliphatic carbocycles. The SMILES string of the molecule is C/C=C(/NCc1ccccc1)C(C)=O. The molecule has 0 unspecified atom stereocenters. The van der Waals surface area contributed by atoms with Gasteiger partial charge in [0.1, 0.15) is 0 Å². The van der Waals surface area contributed by atoms with Gasteiger partial charge in [0, 0.05) is 13.5 Å². The number of allylic oxidation sites excluding steroid dienone is 2. The molecule has 0 spiro atoms. The summed E-state index contributed by atoms with van der Waals surface area (Å²) in [5.41, 5.74) is 1.85. The number of carbonyl (C=O) groups excluding carboxylic acids is 1. The van der Waals surface area contributed by atoms with Gasteiger partial charge in [-0.1, -0.05) is 36.4 Å². The van der Waals surface area contributed by atoms with Crippen LogP contribution < -0.4 is 5.32 Å². The molecule has 74 valence electrons. The number of rotatable bonds is 4. The van der Waals surface area contributed by atoms with Crippen molar-refractivity contribution in [1.82, 2.24) is 5.32 Å². The van der Waals surface area contributed by atoms with Gasteiger partial charge in [0.15, 0.2) is 5.78 Å². The average Bonchev–Trinajstić information content (AvgIpc) is 2.20. The Morgan fingerprint density at radius 3 is 2.50 bits per heavy atom. The van der Waals surface area contributed by atoms with Crippen molar-refractivity contribution in [3.8, 4) is 0 Å². The highest BCUT2D eigenvalue weighted by molar-refractivity contribution is 5.92. The zero-order chi connectivity index (χ0) is 10.4. The molecule has 0 fully saturated rings. The molecule has 1 aromatic rings. The molecule has 0 aromatic heterocycles. The number of hydrogen-bond donors (Lipinski definition) is 1. The summed E-state index contributed by atoms with van der Waals surface area (Å²) in [5.74, 6) is 0.0726. The Morgan fingerprint density at radius 2 is 2.00 bits per heavy atom. The predicted octanol–water partition coefficient (Wildman–Crippen LogP) is 2.27. The summed E-state index contributed by atoms with van der Waals surface area (Å²) in [6.07, 6.45) is 1.80. The lowest BCUT2D eigenvalue weighted by molar-refractivity contribution is -0.114. The zero-order valence-electron chi connectivity index (χ0n) is 8.58. The van der Waals surface area contributed by atoms with E-state index in [9.17, 15) is 4.79 Å². The molecule has 0 aliphatic heterocycles. The van der Waals surface area contributed by atoms with Gasteiger partial charge in [0.05, 0.1) is 5.70 Å². The molecule has 1 N–H and O–H groups in total. The Labute approximate surface area is 84.6 Å². The molecular formula is C12H15NO. The van der Waals surface area contributed by atoms with E-state index in [0.29, 0.717) is 12.2 Å². The third-order valence-electron chi connectivity index (χ3n) is 1.99. The Bertz CT molecular complexity index is 327. The van der Waals surface area contributed by atoms with E-state index < -0.39 is 0 Å². The highest BCUT2D eigenvalue weighted by Crippen LogP contribution is 1.99. The van der Waals surface area contributed by atoms with Crippen molar-refractivity contribution >= 4 is 5.78 Å². The first kappa shape index (κ1) is 10.5. The fourth-order valence-corrected chi connectivity index (χ4v) is 1.22. The second kappa shape index (κ2) is 5.22. The van der Waals surface area contributed by atoms with Gasteiger partial charge in [0.25, 0.3) is 0 Å². The number of ketones is 1. The molecule has 1 rings (SSSR count). The fraction of sp³-hybridized carbons (Fsp3) is 0.250. The first-order valence-corrected chi connectivity index (χ1v) is 4.69. The first-order chi connectivity index (χ1) is 6.74. The highest BCUT2D eigenvalue weighted by atomic mass is 16.1. The summed E-state index contributed by atoms with van der Waals surface area (Å²) >= 11 is 0. The Hall–Kier alpha value is -1.57. The third-order valence-corrected chi connectivity index (χ3v) is 1.99. The van der Waals surface area contributed by atoms with Gasteiger partial charge < -0.3 is 5.32 Å². The van der Waals surface area contributed by atoms with Crippen molar-refractivity contribution in [2.45, 2.75) is 20.4 Å². The van der Waals surface area contributed by atoms with E-state index in [2.05, 4.69) is 5.32 Å². The van der Waals surface area contributed by atoms with E-state index in [1.807, 2.05) is 37.3 Å². The first-order valence-electron chi connectivity index (χ1n) is 4.69. The van der Waals surface area contributed by atoms with Crippen LogP contribution in [0.5, 0.6) is 0 Å². The van der Waals surface area contributed by atoms with Crippen LogP contribution in [0.2, 0.25) is 0 Å². The second-order valence-electron chi connectivity index (χ2n) is 3.10. The number of benzene rings is 1. The lowest BCUT2D eigenvalue weighted by Crippen LogP contribution is -2.17. The number of nitrogens with one attached hydrogen (secondary N) is 1. The topological polar surface area (TPSA) is 29.1 Å². The molecule has 0 aliphatic rings. The van der Waals surface area contributed by atoms with E-state index in [4.69, 9.17) is 0 Å². The Balaban J connectivity index is 2.53. The van der Waals surface area contributed by atoms with Gasteiger partial charge >= 0.3 is 0 Å². The molecular weight excluding hydrogens is 174 g/mol. The summed E-state index contributed by atoms with van der Waals surface area (Å²) in [7, 11) is 0. The summed E-state index contributed by atoms with van der Waals surface area (Å²) in [5, 5.41) is 3.10. The van der Waals surface area contributed by atoms with E-state index in [-0.39, 0.29) is 5.78 Å². The maximum atomic E-state index is 11.1. The van der Waals surface area contributed by atoms with Gasteiger partial charge in [0.2, 0.25) is 0 Å². The van der Waals surface area contributed by atoms with Crippen molar-refractivity contribution in [1.29, 1.82) is 0 Å². The minimum absolute atomic E-state index is 0.0726. The van der Waals surface area contributed by atoms with Gasteiger partial charge in [-0.25, -0.2) is 0 Å². The predicted molar refractivity (Wildman–Crippen MR) is 57.7 cm³/mol. The highest BCUT2D eigenvalue weighted by Gasteiger charge is 2.00. The molecule has 1 aromatic carbocycles. The maximum absolute atomic E-state index is 11.1. The van der Waals surface area contributed by atoms with Crippen LogP contribution in [0, 0.1) is 0 Å². The van der Waals surface area contributed by atoms with E-state index in [1.165, 1.54) is 5.56 Å². The molecule has 0 amide bonds. The maximum Gasteiger partial charge on any atom is 0.175 e. The van der Waals surface area contributed by atoms with Crippen LogP contribution in [0.15, 0.2) is 42.1 Å². The fourth-order valence-electron chi connectivity index (χ4n) is 1.22. The van der Waals surface area contributed by atoms with Gasteiger partial charge in [-0.3, -0.25) is 4.79 Å². The molecule has 0 heterocycles. The van der Waals surface area contributed by atoms with E-state index >= 15 is 0 Å². The standard InChI is InChI=1S/C12H15NO/c1-3-12(10(2)14)13-9-11-7-5-4-6-8-11/h3-8,13H,9H2,1-2H3/b12-3+. The van der Waals surface area contributed by atoms with Crippen LogP contribution in [-0.2, 0) is 11.3 Å². The smallest absolute Gasteiger partial charge is 0.175 e. The molecule has 0 saturated carbocycles. The van der Waals surface area contributed by atoms with E-state index in [1.54, 1.807) is 13.0 Å². The van der Waals surface area contributed by atoms with Crippen molar-refractivity contribution in [2.24, 2.45) is 0 Å². The van der Waals surface area contributed by atoms with Gasteiger partial charge in [-0.15, -0.1) is 0 Å². The molecule has 0 saturated heterocycles. The summed E-state index contributed by atoms with van der Waals surface area (Å²) in [6, 6.07) is 10.0. The van der Waals surface area contributed by atoms with Crippen molar-refractivity contribution < 1.29 is 4.79 Å². The van der Waals surface area contributed by atoms with Crippen LogP contribution in [-0.4, -0.2) is 5.78 Å². The summed E-state index contributed by atoms with van der Waals surface area (Å²) in [4.78, 5) is 11.1. The van der Waals surface area contributed by atoms with Crippen molar-refractivity contribution in [3.63, 3.8) is 0 Å². The number of hydrogen-bond acceptors (Lipinski definition) is 2. The second-order valence-corrected chi connectivity index (χ2v) is 3.10. The largest absolute Gasteiger partial charge is 0.378 e. The van der Waals surface area contributed by atoms with Crippen LogP contribution in [0.25, 0.3) is 0 Å². The average molecular weight is 189 g/mol. The van der Waals surface area contributed by atoms with E-state index in [0.717, 1.165) is 0 Å². The Kier molecular flexibility index (Phi) is 3.92. The zero-order valence-corrected chi connectivity index (χ0v) is 8.58. The lowest BCUT2D eigenvalue weighted by Gasteiger charge is -2.07. The monoisotopic (exact) mass is 189 g/mol. The minimum atomic E-state index is 0.0726. The molecule has 0 bridgehead atoms. The van der Waals surface area contributed by atoms with Crippen LogP contribution in [0.3, 0.4) is 0 Å². The lowest BCUT2D eigenvalue weighted by atomic mass is 10.2. The molecule has 2 heteroatoms. The van der Waals surface area contributed by atoms with Gasteiger partial charge in [-0.05, 0) is 12.5 Å². The van der Waals surface area contributed by atoms with Crippen LogP contribution in [0.1, 0.15) is 19.4 Å². The van der Waals surface area contributed by atoms with Crippen molar-refractivity contribution in [2.75, 3.05) is 0 Å². The molecule has 0 atom stereocenters. The van der Waals surface area contributed by atoms with Gasteiger partial charge in [-0.2, -0.15) is 0 Å². The van der Waals surface area contributed by atoms with Crippen molar-refractivity contribution in [3.05, 3.63) is 47.7 Å². The third kappa shape index (κ3) is 3.05. The molecule has 14 heavy (non-hydrogen) atoms. The summed E-state index contributed by atoms with van der Waals surface area (Å²) < 4.78 is 0. The van der Waals surface area contributed by atoms with Crippen LogP contribution >= 0.6 is 0 Å². The number of Topliss-reactive ketones (excluding diaryl/α,β-unsaturated/α-hetero) is 1.